The molecule has 0 saturated heterocycles. The third kappa shape index (κ3) is 4.57. The van der Waals surface area contributed by atoms with Crippen molar-refractivity contribution >= 4 is 11.8 Å². The summed E-state index contributed by atoms with van der Waals surface area (Å²) in [4.78, 5) is 24.0. The van der Waals surface area contributed by atoms with Crippen LogP contribution in [0.5, 0.6) is 0 Å². The molecule has 1 saturated carbocycles. The van der Waals surface area contributed by atoms with Crippen molar-refractivity contribution in [2.75, 3.05) is 0 Å². The molecule has 0 heterocycles. The van der Waals surface area contributed by atoms with E-state index in [9.17, 15) is 9.59 Å². The van der Waals surface area contributed by atoms with Gasteiger partial charge in [-0.25, -0.2) is 0 Å². The molecule has 1 atom stereocenters. The van der Waals surface area contributed by atoms with Gasteiger partial charge in [0.2, 0.25) is 11.8 Å². The highest BCUT2D eigenvalue weighted by Gasteiger charge is 2.31. The lowest BCUT2D eigenvalue weighted by Crippen LogP contribution is -2.49. The molecule has 126 valence electrons. The Labute approximate surface area is 139 Å². The molecule has 1 aliphatic rings. The number of carbonyl (C=O) groups excluding carboxylic acids is 2. The van der Waals surface area contributed by atoms with Crippen molar-refractivity contribution in [3.05, 3.63) is 34.4 Å². The third-order valence-corrected chi connectivity index (χ3v) is 4.79. The summed E-state index contributed by atoms with van der Waals surface area (Å²) < 4.78 is 0. The normalized spacial score (nSPS) is 16.2. The van der Waals surface area contributed by atoms with Crippen LogP contribution in [0.4, 0.5) is 0 Å². The van der Waals surface area contributed by atoms with Gasteiger partial charge < -0.3 is 10.6 Å². The zero-order valence-corrected chi connectivity index (χ0v) is 14.7. The molecule has 1 aromatic rings. The van der Waals surface area contributed by atoms with Crippen LogP contribution in [0, 0.1) is 26.7 Å². The van der Waals surface area contributed by atoms with Crippen LogP contribution in [0.15, 0.2) is 12.1 Å². The fourth-order valence-corrected chi connectivity index (χ4v) is 3.68. The van der Waals surface area contributed by atoms with Crippen LogP contribution in [-0.2, 0) is 16.1 Å². The minimum atomic E-state index is -0.402. The first kappa shape index (κ1) is 17.5. The predicted molar refractivity (Wildman–Crippen MR) is 92.1 cm³/mol. The SMILES string of the molecule is CC(=O)NC(C(=O)NCc1c(C)cc(C)cc1C)C1CCCC1. The van der Waals surface area contributed by atoms with Crippen molar-refractivity contribution in [3.63, 3.8) is 0 Å². The monoisotopic (exact) mass is 316 g/mol. The van der Waals surface area contributed by atoms with Crippen molar-refractivity contribution in [3.8, 4) is 0 Å². The second-order valence-corrected chi connectivity index (χ2v) is 6.82. The van der Waals surface area contributed by atoms with Crippen LogP contribution in [0.3, 0.4) is 0 Å². The predicted octanol–water partition coefficient (Wildman–Crippen LogP) is 2.92. The average Bonchev–Trinajstić information content (AvgIpc) is 2.97. The summed E-state index contributed by atoms with van der Waals surface area (Å²) >= 11 is 0. The molecule has 1 aliphatic carbocycles. The van der Waals surface area contributed by atoms with E-state index >= 15 is 0 Å². The Morgan fingerprint density at radius 1 is 1.13 bits per heavy atom. The van der Waals surface area contributed by atoms with Crippen LogP contribution in [0.25, 0.3) is 0 Å². The minimum Gasteiger partial charge on any atom is -0.350 e. The van der Waals surface area contributed by atoms with E-state index in [1.54, 1.807) is 0 Å². The van der Waals surface area contributed by atoms with Gasteiger partial charge in [0.05, 0.1) is 0 Å². The van der Waals surface area contributed by atoms with E-state index in [1.165, 1.54) is 23.6 Å². The molecular weight excluding hydrogens is 288 g/mol. The lowest BCUT2D eigenvalue weighted by atomic mass is 9.96. The maximum Gasteiger partial charge on any atom is 0.243 e. The lowest BCUT2D eigenvalue weighted by Gasteiger charge is -2.24. The van der Waals surface area contributed by atoms with E-state index in [-0.39, 0.29) is 17.7 Å². The molecule has 1 fully saturated rings. The number of benzene rings is 1. The summed E-state index contributed by atoms with van der Waals surface area (Å²) in [7, 11) is 0. The molecule has 2 N–H and O–H groups in total. The summed E-state index contributed by atoms with van der Waals surface area (Å²) in [6, 6.07) is 3.87. The van der Waals surface area contributed by atoms with E-state index in [1.807, 2.05) is 0 Å². The van der Waals surface area contributed by atoms with E-state index in [0.717, 1.165) is 31.2 Å². The smallest absolute Gasteiger partial charge is 0.243 e. The first-order valence-electron chi connectivity index (χ1n) is 8.50. The van der Waals surface area contributed by atoms with Gasteiger partial charge in [-0.3, -0.25) is 9.59 Å². The number of hydrogen-bond donors (Lipinski definition) is 2. The molecule has 1 unspecified atom stereocenters. The number of hydrogen-bond acceptors (Lipinski definition) is 2. The largest absolute Gasteiger partial charge is 0.350 e. The Morgan fingerprint density at radius 2 is 1.70 bits per heavy atom. The van der Waals surface area contributed by atoms with Crippen LogP contribution < -0.4 is 10.6 Å². The fourth-order valence-electron chi connectivity index (χ4n) is 3.68. The molecule has 0 radical (unpaired) electrons. The summed E-state index contributed by atoms with van der Waals surface area (Å²) in [5, 5.41) is 5.87. The molecule has 23 heavy (non-hydrogen) atoms. The van der Waals surface area contributed by atoms with Crippen molar-refractivity contribution in [2.45, 2.75) is 66.0 Å². The Kier molecular flexibility index (Phi) is 5.80. The molecular formula is C19H28N2O2. The maximum atomic E-state index is 12.6. The van der Waals surface area contributed by atoms with Gasteiger partial charge in [0.1, 0.15) is 6.04 Å². The number of rotatable bonds is 5. The van der Waals surface area contributed by atoms with Gasteiger partial charge in [0.15, 0.2) is 0 Å². The van der Waals surface area contributed by atoms with Crippen molar-refractivity contribution < 1.29 is 9.59 Å². The van der Waals surface area contributed by atoms with Crippen LogP contribution in [0.2, 0.25) is 0 Å². The Morgan fingerprint density at radius 3 is 2.22 bits per heavy atom. The van der Waals surface area contributed by atoms with Gasteiger partial charge in [-0.15, -0.1) is 0 Å². The van der Waals surface area contributed by atoms with Gasteiger partial charge in [-0.05, 0) is 56.2 Å². The van der Waals surface area contributed by atoms with E-state index in [4.69, 9.17) is 0 Å². The molecule has 0 spiro atoms. The molecule has 2 amide bonds. The number of nitrogens with one attached hydrogen (secondary N) is 2. The van der Waals surface area contributed by atoms with Crippen molar-refractivity contribution in [1.29, 1.82) is 0 Å². The average molecular weight is 316 g/mol. The zero-order chi connectivity index (χ0) is 17.0. The second-order valence-electron chi connectivity index (χ2n) is 6.82. The molecule has 1 aromatic carbocycles. The molecule has 0 aliphatic heterocycles. The maximum absolute atomic E-state index is 12.6. The van der Waals surface area contributed by atoms with Gasteiger partial charge >= 0.3 is 0 Å². The topological polar surface area (TPSA) is 58.2 Å². The molecule has 0 bridgehead atoms. The van der Waals surface area contributed by atoms with Crippen LogP contribution in [0.1, 0.15) is 54.9 Å². The Hall–Kier alpha value is -1.84. The molecule has 0 aromatic heterocycles. The highest BCUT2D eigenvalue weighted by Crippen LogP contribution is 2.28. The first-order chi connectivity index (χ1) is 10.9. The zero-order valence-electron chi connectivity index (χ0n) is 14.7. The minimum absolute atomic E-state index is 0.0634. The van der Waals surface area contributed by atoms with E-state index in [0.29, 0.717) is 6.54 Å². The van der Waals surface area contributed by atoms with Gasteiger partial charge in [0.25, 0.3) is 0 Å². The molecule has 4 nitrogen and oxygen atoms in total. The molecule has 2 rings (SSSR count). The first-order valence-corrected chi connectivity index (χ1v) is 8.50. The van der Waals surface area contributed by atoms with Crippen LogP contribution >= 0.6 is 0 Å². The van der Waals surface area contributed by atoms with Gasteiger partial charge in [-0.2, -0.15) is 0 Å². The fraction of sp³-hybridized carbons (Fsp3) is 0.579. The highest BCUT2D eigenvalue weighted by atomic mass is 16.2. The number of amides is 2. The van der Waals surface area contributed by atoms with E-state index in [2.05, 4.69) is 43.5 Å². The third-order valence-electron chi connectivity index (χ3n) is 4.79. The van der Waals surface area contributed by atoms with Crippen molar-refractivity contribution in [1.82, 2.24) is 10.6 Å². The Balaban J connectivity index is 2.05. The lowest BCUT2D eigenvalue weighted by molar-refractivity contribution is -0.129. The van der Waals surface area contributed by atoms with Crippen molar-refractivity contribution in [2.24, 2.45) is 5.92 Å². The van der Waals surface area contributed by atoms with Gasteiger partial charge in [0, 0.05) is 13.5 Å². The summed E-state index contributed by atoms with van der Waals surface area (Å²) in [5.74, 6) is 0.0605. The summed E-state index contributed by atoms with van der Waals surface area (Å²) in [6.07, 6.45) is 4.32. The quantitative estimate of drug-likeness (QED) is 0.877. The Bertz CT molecular complexity index is 566. The second kappa shape index (κ2) is 7.62. The summed E-state index contributed by atoms with van der Waals surface area (Å²) in [6.45, 7) is 8.21. The summed E-state index contributed by atoms with van der Waals surface area (Å²) in [5.41, 5.74) is 4.79. The van der Waals surface area contributed by atoms with Crippen LogP contribution in [-0.4, -0.2) is 17.9 Å². The van der Waals surface area contributed by atoms with E-state index < -0.39 is 6.04 Å². The standard InChI is InChI=1S/C19H28N2O2/c1-12-9-13(2)17(14(3)10-12)11-20-19(23)18(21-15(4)22)16-7-5-6-8-16/h9-10,16,18H,5-8,11H2,1-4H3,(H,20,23)(H,21,22). The highest BCUT2D eigenvalue weighted by molar-refractivity contribution is 5.87. The number of carbonyl (C=O) groups is 2. The number of aryl methyl sites for hydroxylation is 3. The van der Waals surface area contributed by atoms with Gasteiger partial charge in [-0.1, -0.05) is 30.5 Å². The molecule has 4 heteroatoms.